The fourth-order valence-electron chi connectivity index (χ4n) is 2.60. The van der Waals surface area contributed by atoms with Gasteiger partial charge in [-0.15, -0.1) is 0 Å². The maximum atomic E-state index is 5.53. The SMILES string of the molecule is CCNC(Cc1ccccc1)c1c(OC)cccc1OC. The van der Waals surface area contributed by atoms with E-state index in [0.29, 0.717) is 0 Å². The van der Waals surface area contributed by atoms with Gasteiger partial charge in [0.15, 0.2) is 0 Å². The molecule has 2 aromatic carbocycles. The Labute approximate surface area is 126 Å². The molecule has 0 saturated heterocycles. The van der Waals surface area contributed by atoms with Gasteiger partial charge in [0, 0.05) is 6.04 Å². The van der Waals surface area contributed by atoms with Gasteiger partial charge in [-0.1, -0.05) is 43.3 Å². The highest BCUT2D eigenvalue weighted by Crippen LogP contribution is 2.35. The maximum Gasteiger partial charge on any atom is 0.127 e. The molecule has 112 valence electrons. The van der Waals surface area contributed by atoms with E-state index in [-0.39, 0.29) is 6.04 Å². The maximum absolute atomic E-state index is 5.53. The highest BCUT2D eigenvalue weighted by Gasteiger charge is 2.20. The Bertz CT molecular complexity index is 532. The van der Waals surface area contributed by atoms with Crippen LogP contribution in [0.5, 0.6) is 11.5 Å². The summed E-state index contributed by atoms with van der Waals surface area (Å²) in [6.45, 7) is 3.00. The molecule has 0 aromatic heterocycles. The first-order valence-corrected chi connectivity index (χ1v) is 7.28. The minimum atomic E-state index is 0.156. The highest BCUT2D eigenvalue weighted by molar-refractivity contribution is 5.47. The van der Waals surface area contributed by atoms with Crippen LogP contribution in [0.3, 0.4) is 0 Å². The van der Waals surface area contributed by atoms with Gasteiger partial charge in [0.05, 0.1) is 19.8 Å². The molecule has 0 aliphatic carbocycles. The molecular formula is C18H23NO2. The van der Waals surface area contributed by atoms with E-state index in [9.17, 15) is 0 Å². The zero-order valence-electron chi connectivity index (χ0n) is 12.9. The van der Waals surface area contributed by atoms with Crippen LogP contribution in [-0.2, 0) is 6.42 Å². The molecule has 1 atom stereocenters. The highest BCUT2D eigenvalue weighted by atomic mass is 16.5. The lowest BCUT2D eigenvalue weighted by Gasteiger charge is -2.23. The van der Waals surface area contributed by atoms with Gasteiger partial charge >= 0.3 is 0 Å². The molecule has 1 N–H and O–H groups in total. The van der Waals surface area contributed by atoms with Crippen molar-refractivity contribution < 1.29 is 9.47 Å². The van der Waals surface area contributed by atoms with E-state index in [1.807, 2.05) is 24.3 Å². The van der Waals surface area contributed by atoms with E-state index in [2.05, 4.69) is 36.5 Å². The first kappa shape index (κ1) is 15.4. The first-order valence-electron chi connectivity index (χ1n) is 7.28. The Kier molecular flexibility index (Phi) is 5.64. The number of nitrogens with one attached hydrogen (secondary N) is 1. The van der Waals surface area contributed by atoms with Gasteiger partial charge in [-0.25, -0.2) is 0 Å². The molecular weight excluding hydrogens is 262 g/mol. The van der Waals surface area contributed by atoms with E-state index >= 15 is 0 Å². The lowest BCUT2D eigenvalue weighted by atomic mass is 9.97. The molecule has 0 spiro atoms. The minimum Gasteiger partial charge on any atom is -0.496 e. The molecule has 3 nitrogen and oxygen atoms in total. The third-order valence-corrected chi connectivity index (χ3v) is 3.55. The van der Waals surface area contributed by atoms with Crippen molar-refractivity contribution in [2.75, 3.05) is 20.8 Å². The van der Waals surface area contributed by atoms with Crippen LogP contribution in [0.25, 0.3) is 0 Å². The van der Waals surface area contributed by atoms with Gasteiger partial charge < -0.3 is 14.8 Å². The zero-order valence-corrected chi connectivity index (χ0v) is 12.9. The van der Waals surface area contributed by atoms with Crippen LogP contribution in [0.15, 0.2) is 48.5 Å². The van der Waals surface area contributed by atoms with Gasteiger partial charge in [0.1, 0.15) is 11.5 Å². The lowest BCUT2D eigenvalue weighted by molar-refractivity contribution is 0.370. The molecule has 3 heteroatoms. The number of benzene rings is 2. The normalized spacial score (nSPS) is 12.0. The quantitative estimate of drug-likeness (QED) is 0.843. The summed E-state index contributed by atoms with van der Waals surface area (Å²) in [5.41, 5.74) is 2.37. The van der Waals surface area contributed by atoms with E-state index in [0.717, 1.165) is 30.0 Å². The summed E-state index contributed by atoms with van der Waals surface area (Å²) in [6, 6.07) is 16.5. The molecule has 0 fully saturated rings. The molecule has 0 aliphatic rings. The molecule has 0 saturated carbocycles. The van der Waals surface area contributed by atoms with Crippen LogP contribution >= 0.6 is 0 Å². The fraction of sp³-hybridized carbons (Fsp3) is 0.333. The van der Waals surface area contributed by atoms with E-state index < -0.39 is 0 Å². The van der Waals surface area contributed by atoms with Crippen LogP contribution in [0.2, 0.25) is 0 Å². The molecule has 1 unspecified atom stereocenters. The average molecular weight is 285 g/mol. The summed E-state index contributed by atoms with van der Waals surface area (Å²) < 4.78 is 11.1. The predicted octanol–water partition coefficient (Wildman–Crippen LogP) is 3.60. The lowest BCUT2D eigenvalue weighted by Crippen LogP contribution is -2.24. The summed E-state index contributed by atoms with van der Waals surface area (Å²) in [6.07, 6.45) is 0.894. The number of methoxy groups -OCH3 is 2. The average Bonchev–Trinajstić information content (AvgIpc) is 2.54. The van der Waals surface area contributed by atoms with Crippen molar-refractivity contribution in [3.05, 3.63) is 59.7 Å². The second kappa shape index (κ2) is 7.70. The zero-order chi connectivity index (χ0) is 15.1. The summed E-state index contributed by atoms with van der Waals surface area (Å²) in [4.78, 5) is 0. The fourth-order valence-corrected chi connectivity index (χ4v) is 2.60. The molecule has 2 aromatic rings. The van der Waals surface area contributed by atoms with Crippen LogP contribution < -0.4 is 14.8 Å². The molecule has 21 heavy (non-hydrogen) atoms. The van der Waals surface area contributed by atoms with Gasteiger partial charge in [-0.3, -0.25) is 0 Å². The number of hydrogen-bond acceptors (Lipinski definition) is 3. The first-order chi connectivity index (χ1) is 10.3. The van der Waals surface area contributed by atoms with Crippen molar-refractivity contribution in [1.29, 1.82) is 0 Å². The van der Waals surface area contributed by atoms with Gasteiger partial charge in [0.25, 0.3) is 0 Å². The summed E-state index contributed by atoms with van der Waals surface area (Å²) >= 11 is 0. The van der Waals surface area contributed by atoms with E-state index in [1.165, 1.54) is 5.56 Å². The Morgan fingerprint density at radius 2 is 1.52 bits per heavy atom. The smallest absolute Gasteiger partial charge is 0.127 e. The van der Waals surface area contributed by atoms with Crippen molar-refractivity contribution in [1.82, 2.24) is 5.32 Å². The molecule has 2 rings (SSSR count). The summed E-state index contributed by atoms with van der Waals surface area (Å²) in [7, 11) is 3.40. The van der Waals surface area contributed by atoms with Crippen LogP contribution in [0, 0.1) is 0 Å². The van der Waals surface area contributed by atoms with Gasteiger partial charge in [-0.2, -0.15) is 0 Å². The van der Waals surface area contributed by atoms with Crippen molar-refractivity contribution in [3.8, 4) is 11.5 Å². The second-order valence-corrected chi connectivity index (χ2v) is 4.88. The minimum absolute atomic E-state index is 0.156. The summed E-state index contributed by atoms with van der Waals surface area (Å²) in [5, 5.41) is 3.54. The largest absolute Gasteiger partial charge is 0.496 e. The van der Waals surface area contributed by atoms with Crippen LogP contribution in [0.1, 0.15) is 24.1 Å². The molecule has 0 heterocycles. The third kappa shape index (κ3) is 3.76. The number of likely N-dealkylation sites (N-methyl/N-ethyl adjacent to an activating group) is 1. The van der Waals surface area contributed by atoms with Crippen molar-refractivity contribution in [2.24, 2.45) is 0 Å². The van der Waals surface area contributed by atoms with E-state index in [1.54, 1.807) is 14.2 Å². The van der Waals surface area contributed by atoms with Crippen LogP contribution in [0.4, 0.5) is 0 Å². The van der Waals surface area contributed by atoms with Crippen molar-refractivity contribution in [3.63, 3.8) is 0 Å². The standard InChI is InChI=1S/C18H23NO2/c1-4-19-15(13-14-9-6-5-7-10-14)18-16(20-2)11-8-12-17(18)21-3/h5-12,15,19H,4,13H2,1-3H3. The molecule has 0 radical (unpaired) electrons. The Morgan fingerprint density at radius 3 is 2.05 bits per heavy atom. The van der Waals surface area contributed by atoms with Crippen molar-refractivity contribution in [2.45, 2.75) is 19.4 Å². The number of rotatable bonds is 7. The third-order valence-electron chi connectivity index (χ3n) is 3.55. The predicted molar refractivity (Wildman–Crippen MR) is 86.1 cm³/mol. The number of ether oxygens (including phenoxy) is 2. The monoisotopic (exact) mass is 285 g/mol. The molecule has 0 aliphatic heterocycles. The topological polar surface area (TPSA) is 30.5 Å². The Morgan fingerprint density at radius 1 is 0.905 bits per heavy atom. The summed E-state index contributed by atoms with van der Waals surface area (Å²) in [5.74, 6) is 1.72. The van der Waals surface area contributed by atoms with Gasteiger partial charge in [0.2, 0.25) is 0 Å². The molecule has 0 amide bonds. The van der Waals surface area contributed by atoms with Crippen LogP contribution in [-0.4, -0.2) is 20.8 Å². The Balaban J connectivity index is 2.37. The van der Waals surface area contributed by atoms with Gasteiger partial charge in [-0.05, 0) is 30.7 Å². The molecule has 0 bridgehead atoms. The Hall–Kier alpha value is -2.00. The number of hydrogen-bond donors (Lipinski definition) is 1. The van der Waals surface area contributed by atoms with Crippen molar-refractivity contribution >= 4 is 0 Å². The second-order valence-electron chi connectivity index (χ2n) is 4.88. The van der Waals surface area contributed by atoms with E-state index in [4.69, 9.17) is 9.47 Å².